The van der Waals surface area contributed by atoms with E-state index < -0.39 is 5.54 Å². The Kier molecular flexibility index (Phi) is 8.91. The van der Waals surface area contributed by atoms with Gasteiger partial charge in [-0.05, 0) is 85.1 Å². The van der Waals surface area contributed by atoms with Gasteiger partial charge < -0.3 is 25.8 Å². The second-order valence-electron chi connectivity index (χ2n) is 11.0. The summed E-state index contributed by atoms with van der Waals surface area (Å²) in [7, 11) is 1.50. The van der Waals surface area contributed by atoms with Crippen molar-refractivity contribution in [3.8, 4) is 16.9 Å². The number of ether oxygens (including phenoxy) is 1. The molecule has 5 rings (SSSR count). The Hall–Kier alpha value is -5.55. The minimum Gasteiger partial charge on any atom is -0.495 e. The number of amides is 2. The smallest absolute Gasteiger partial charge is 0.252 e. The molecule has 0 aliphatic heterocycles. The normalized spacial score (nSPS) is 11.2. The lowest BCUT2D eigenvalue weighted by Crippen LogP contribution is -2.46. The van der Waals surface area contributed by atoms with Gasteiger partial charge in [-0.1, -0.05) is 30.9 Å². The molecule has 0 saturated heterocycles. The second kappa shape index (κ2) is 13.0. The molecule has 45 heavy (non-hydrogen) atoms. The predicted octanol–water partition coefficient (Wildman–Crippen LogP) is 5.36. The van der Waals surface area contributed by atoms with Crippen LogP contribution in [0.25, 0.3) is 22.9 Å². The predicted molar refractivity (Wildman–Crippen MR) is 171 cm³/mol. The van der Waals surface area contributed by atoms with Gasteiger partial charge in [0.2, 0.25) is 5.95 Å². The van der Waals surface area contributed by atoms with E-state index in [4.69, 9.17) is 4.74 Å². The van der Waals surface area contributed by atoms with Crippen LogP contribution in [0, 0.1) is 5.82 Å². The van der Waals surface area contributed by atoms with Crippen LogP contribution in [0.1, 0.15) is 45.7 Å². The van der Waals surface area contributed by atoms with Gasteiger partial charge in [-0.15, -0.1) is 5.10 Å². The van der Waals surface area contributed by atoms with E-state index in [-0.39, 0.29) is 30.8 Å². The second-order valence-corrected chi connectivity index (χ2v) is 11.0. The molecule has 10 nitrogen and oxygen atoms in total. The number of rotatable bonds is 11. The first-order valence-electron chi connectivity index (χ1n) is 14.1. The summed E-state index contributed by atoms with van der Waals surface area (Å²) in [6.45, 7) is 7.40. The minimum absolute atomic E-state index is 0.200. The van der Waals surface area contributed by atoms with E-state index in [1.54, 1.807) is 60.8 Å². The fourth-order valence-electron chi connectivity index (χ4n) is 4.58. The number of carbonyl (C=O) groups is 2. The zero-order chi connectivity index (χ0) is 32.1. The third-order valence-electron chi connectivity index (χ3n) is 7.10. The summed E-state index contributed by atoms with van der Waals surface area (Å²) < 4.78 is 20.3. The van der Waals surface area contributed by atoms with Gasteiger partial charge in [0.05, 0.1) is 24.9 Å². The number of aliphatic hydroxyl groups is 1. The lowest BCUT2D eigenvalue weighted by Gasteiger charge is -2.23. The molecule has 0 saturated carbocycles. The van der Waals surface area contributed by atoms with Gasteiger partial charge in [-0.25, -0.2) is 8.91 Å². The van der Waals surface area contributed by atoms with Crippen LogP contribution in [0.4, 0.5) is 16.0 Å². The average molecular weight is 609 g/mol. The molecule has 0 fully saturated rings. The Bertz CT molecular complexity index is 1880. The topological polar surface area (TPSA) is 130 Å². The van der Waals surface area contributed by atoms with Crippen molar-refractivity contribution in [3.05, 3.63) is 114 Å². The number of hydrogen-bond acceptors (Lipinski definition) is 7. The number of aromatic nitrogens is 3. The van der Waals surface area contributed by atoms with E-state index in [2.05, 4.69) is 32.6 Å². The third kappa shape index (κ3) is 7.16. The maximum absolute atomic E-state index is 13.2. The van der Waals surface area contributed by atoms with Gasteiger partial charge in [-0.3, -0.25) is 9.59 Å². The van der Waals surface area contributed by atoms with Crippen molar-refractivity contribution < 1.29 is 23.8 Å². The van der Waals surface area contributed by atoms with Crippen LogP contribution in [-0.2, 0) is 6.54 Å². The molecule has 2 amide bonds. The van der Waals surface area contributed by atoms with Gasteiger partial charge in [-0.2, -0.15) is 4.98 Å². The molecule has 5 aromatic rings. The van der Waals surface area contributed by atoms with Crippen LogP contribution in [0.5, 0.6) is 5.75 Å². The highest BCUT2D eigenvalue weighted by molar-refractivity contribution is 5.98. The van der Waals surface area contributed by atoms with E-state index in [0.717, 1.165) is 16.7 Å². The first kappa shape index (κ1) is 30.9. The van der Waals surface area contributed by atoms with Gasteiger partial charge in [0.25, 0.3) is 11.8 Å². The van der Waals surface area contributed by atoms with E-state index in [1.165, 1.54) is 19.2 Å². The summed E-state index contributed by atoms with van der Waals surface area (Å²) in [4.78, 5) is 30.1. The monoisotopic (exact) mass is 608 g/mol. The highest BCUT2D eigenvalue weighted by Crippen LogP contribution is 2.29. The number of nitrogens with one attached hydrogen (secondary N) is 3. The molecule has 2 aromatic heterocycles. The number of fused-ring (bicyclic) bond motifs is 1. The van der Waals surface area contributed by atoms with Crippen LogP contribution in [0.3, 0.4) is 0 Å². The Balaban J connectivity index is 1.32. The number of anilines is 2. The highest BCUT2D eigenvalue weighted by atomic mass is 19.1. The Morgan fingerprint density at radius 1 is 1.02 bits per heavy atom. The number of hydrogen-bond donors (Lipinski definition) is 4. The first-order chi connectivity index (χ1) is 21.6. The van der Waals surface area contributed by atoms with Crippen molar-refractivity contribution in [2.24, 2.45) is 0 Å². The largest absolute Gasteiger partial charge is 0.495 e. The van der Waals surface area contributed by atoms with Crippen LogP contribution in [0.15, 0.2) is 85.6 Å². The SMILES string of the molecule is C=Cc1cc(-c2ccc3nc(Nc4ccc(C(=O)NC(C)(C)CO)cc4OC)nn3c2)ccc1C(=O)NCc1ccc(F)cc1. The number of benzene rings is 3. The molecule has 0 atom stereocenters. The molecule has 0 radical (unpaired) electrons. The lowest BCUT2D eigenvalue weighted by molar-refractivity contribution is 0.0868. The van der Waals surface area contributed by atoms with Crippen LogP contribution >= 0.6 is 0 Å². The number of halogens is 1. The van der Waals surface area contributed by atoms with Gasteiger partial charge in [0, 0.05) is 29.4 Å². The van der Waals surface area contributed by atoms with Gasteiger partial charge in [0.15, 0.2) is 5.65 Å². The number of pyridine rings is 1. The molecule has 11 heteroatoms. The molecule has 0 bridgehead atoms. The molecule has 0 spiro atoms. The standard InChI is InChI=1S/C34H33FN6O4/c1-5-22-16-23(8-13-27(22)32(44)36-18-21-6-11-26(35)12-7-21)25-10-15-30-38-33(40-41(30)19-25)37-28-14-9-24(17-29(28)45-4)31(43)39-34(2,3)20-42/h5-17,19,42H,1,18,20H2,2-4H3,(H,36,44)(H,37,40)(H,39,43). The molecule has 0 unspecified atom stereocenters. The van der Waals surface area contributed by atoms with Crippen LogP contribution in [0.2, 0.25) is 0 Å². The van der Waals surface area contributed by atoms with Crippen LogP contribution < -0.4 is 20.7 Å². The van der Waals surface area contributed by atoms with Crippen molar-refractivity contribution in [2.75, 3.05) is 19.0 Å². The van der Waals surface area contributed by atoms with Gasteiger partial charge >= 0.3 is 0 Å². The third-order valence-corrected chi connectivity index (χ3v) is 7.10. The Morgan fingerprint density at radius 2 is 1.78 bits per heavy atom. The van der Waals surface area contributed by atoms with E-state index in [1.807, 2.05) is 30.5 Å². The summed E-state index contributed by atoms with van der Waals surface area (Å²) in [5, 5.41) is 22.8. The molecule has 4 N–H and O–H groups in total. The van der Waals surface area contributed by atoms with Crippen molar-refractivity contribution in [3.63, 3.8) is 0 Å². The molecular weight excluding hydrogens is 575 g/mol. The summed E-state index contributed by atoms with van der Waals surface area (Å²) in [5.41, 5.74) is 4.40. The molecule has 3 aromatic carbocycles. The van der Waals surface area contributed by atoms with Crippen molar-refractivity contribution in [1.82, 2.24) is 25.2 Å². The highest BCUT2D eigenvalue weighted by Gasteiger charge is 2.21. The number of aliphatic hydroxyl groups excluding tert-OH is 1. The molecule has 0 aliphatic carbocycles. The number of nitrogens with zero attached hydrogens (tertiary/aromatic N) is 3. The average Bonchev–Trinajstić information content (AvgIpc) is 3.45. The Labute approximate surface area is 259 Å². The summed E-state index contributed by atoms with van der Waals surface area (Å²) in [5.74, 6) is -0.188. The quantitative estimate of drug-likeness (QED) is 0.159. The maximum atomic E-state index is 13.2. The van der Waals surface area contributed by atoms with Crippen molar-refractivity contribution in [1.29, 1.82) is 0 Å². The van der Waals surface area contributed by atoms with Crippen LogP contribution in [-0.4, -0.2) is 50.8 Å². The fourth-order valence-corrected chi connectivity index (χ4v) is 4.58. The zero-order valence-corrected chi connectivity index (χ0v) is 25.1. The minimum atomic E-state index is -0.767. The Morgan fingerprint density at radius 3 is 2.49 bits per heavy atom. The first-order valence-corrected chi connectivity index (χ1v) is 14.1. The molecular formula is C34H33FN6O4. The molecule has 0 aliphatic rings. The zero-order valence-electron chi connectivity index (χ0n) is 25.1. The molecule has 2 heterocycles. The molecule has 230 valence electrons. The van der Waals surface area contributed by atoms with Crippen molar-refractivity contribution >= 4 is 35.2 Å². The fraction of sp³-hybridized carbons (Fsp3) is 0.176. The lowest BCUT2D eigenvalue weighted by atomic mass is 9.99. The van der Waals surface area contributed by atoms with E-state index in [9.17, 15) is 19.1 Å². The van der Waals surface area contributed by atoms with E-state index >= 15 is 0 Å². The summed E-state index contributed by atoms with van der Waals surface area (Å²) in [6.07, 6.45) is 3.46. The maximum Gasteiger partial charge on any atom is 0.252 e. The van der Waals surface area contributed by atoms with Crippen molar-refractivity contribution in [2.45, 2.75) is 25.9 Å². The van der Waals surface area contributed by atoms with Gasteiger partial charge in [0.1, 0.15) is 11.6 Å². The number of methoxy groups -OCH3 is 1. The number of carbonyl (C=O) groups excluding carboxylic acids is 2. The van der Waals surface area contributed by atoms with E-state index in [0.29, 0.717) is 39.7 Å². The summed E-state index contributed by atoms with van der Waals surface area (Å²) in [6, 6.07) is 20.1. The summed E-state index contributed by atoms with van der Waals surface area (Å²) >= 11 is 0.